The zero-order chi connectivity index (χ0) is 18.4. The van der Waals surface area contributed by atoms with E-state index >= 15 is 0 Å². The van der Waals surface area contributed by atoms with Gasteiger partial charge in [0.1, 0.15) is 6.54 Å². The molecule has 0 unspecified atom stereocenters. The van der Waals surface area contributed by atoms with E-state index in [1.807, 2.05) is 13.8 Å². The van der Waals surface area contributed by atoms with Gasteiger partial charge in [0.2, 0.25) is 5.91 Å². The summed E-state index contributed by atoms with van der Waals surface area (Å²) in [6.07, 6.45) is 1.36. The monoisotopic (exact) mass is 343 g/mol. The normalized spacial score (nSPS) is 10.6. The molecule has 0 aliphatic rings. The van der Waals surface area contributed by atoms with Gasteiger partial charge in [-0.2, -0.15) is 0 Å². The average Bonchev–Trinajstić information content (AvgIpc) is 2.57. The number of ether oxygens (including phenoxy) is 1. The first-order chi connectivity index (χ1) is 11.9. The molecule has 1 heterocycles. The largest absolute Gasteiger partial charge is 0.462 e. The maximum atomic E-state index is 12.2. The Morgan fingerprint density at radius 3 is 2.64 bits per heavy atom. The second kappa shape index (κ2) is 8.23. The molecule has 0 atom stereocenters. The minimum atomic E-state index is -0.515. The molecule has 1 N–H and O–H groups in total. The van der Waals surface area contributed by atoms with E-state index < -0.39 is 11.9 Å². The van der Waals surface area contributed by atoms with Crippen molar-refractivity contribution in [3.8, 4) is 0 Å². The van der Waals surface area contributed by atoms with Crippen molar-refractivity contribution in [3.05, 3.63) is 58.3 Å². The van der Waals surface area contributed by atoms with Crippen molar-refractivity contribution in [3.63, 3.8) is 0 Å². The fourth-order valence-corrected chi connectivity index (χ4v) is 2.20. The van der Waals surface area contributed by atoms with Crippen LogP contribution < -0.4 is 10.9 Å². The van der Waals surface area contributed by atoms with Gasteiger partial charge < -0.3 is 10.1 Å². The quantitative estimate of drug-likeness (QED) is 0.812. The fourth-order valence-electron chi connectivity index (χ4n) is 2.20. The lowest BCUT2D eigenvalue weighted by molar-refractivity contribution is -0.116. The Bertz CT molecular complexity index is 827. The summed E-state index contributed by atoms with van der Waals surface area (Å²) in [4.78, 5) is 40.4. The number of aromatic nitrogens is 2. The molecule has 1 aromatic carbocycles. The summed E-state index contributed by atoms with van der Waals surface area (Å²) < 4.78 is 6.18. The van der Waals surface area contributed by atoms with Crippen LogP contribution in [0.4, 0.5) is 5.69 Å². The molecule has 7 heteroatoms. The highest BCUT2D eigenvalue weighted by Gasteiger charge is 2.14. The Labute approximate surface area is 145 Å². The number of nitrogens with zero attached hydrogens (tertiary/aromatic N) is 2. The van der Waals surface area contributed by atoms with Crippen LogP contribution in [0.25, 0.3) is 0 Å². The van der Waals surface area contributed by atoms with Crippen LogP contribution in [0.15, 0.2) is 41.5 Å². The molecule has 0 saturated carbocycles. The summed E-state index contributed by atoms with van der Waals surface area (Å²) in [6.45, 7) is 5.63. The Kier molecular flexibility index (Phi) is 6.05. The number of carbonyl (C=O) groups excluding carboxylic acids is 2. The van der Waals surface area contributed by atoms with E-state index in [2.05, 4.69) is 10.3 Å². The van der Waals surface area contributed by atoms with E-state index in [4.69, 9.17) is 4.74 Å². The maximum absolute atomic E-state index is 12.2. The van der Waals surface area contributed by atoms with Gasteiger partial charge >= 0.3 is 5.97 Å². The molecule has 2 aromatic rings. The predicted molar refractivity (Wildman–Crippen MR) is 93.6 cm³/mol. The van der Waals surface area contributed by atoms with Crippen LogP contribution in [0.5, 0.6) is 0 Å². The SMILES string of the molecule is CCOC(=O)c1ccccc1NC(=O)Cn1cnc(C(C)C)cc1=O. The highest BCUT2D eigenvalue weighted by Crippen LogP contribution is 2.16. The Morgan fingerprint density at radius 1 is 1.28 bits per heavy atom. The molecule has 1 amide bonds. The first-order valence-corrected chi connectivity index (χ1v) is 8.04. The summed E-state index contributed by atoms with van der Waals surface area (Å²) in [6, 6.07) is 7.97. The molecule has 0 bridgehead atoms. The highest BCUT2D eigenvalue weighted by molar-refractivity contribution is 6.01. The van der Waals surface area contributed by atoms with E-state index in [9.17, 15) is 14.4 Å². The Morgan fingerprint density at radius 2 is 2.00 bits per heavy atom. The van der Waals surface area contributed by atoms with E-state index in [1.165, 1.54) is 17.0 Å². The molecule has 0 aliphatic carbocycles. The van der Waals surface area contributed by atoms with E-state index in [0.717, 1.165) is 0 Å². The first kappa shape index (κ1) is 18.4. The minimum Gasteiger partial charge on any atom is -0.462 e. The predicted octanol–water partition coefficient (Wildman–Crippen LogP) is 2.18. The number of nitrogens with one attached hydrogen (secondary N) is 1. The molecule has 0 spiro atoms. The summed E-state index contributed by atoms with van der Waals surface area (Å²) in [5, 5.41) is 2.64. The Hall–Kier alpha value is -2.96. The van der Waals surface area contributed by atoms with Crippen LogP contribution in [0.1, 0.15) is 42.7 Å². The third-order valence-corrected chi connectivity index (χ3v) is 3.50. The number of hydrogen-bond donors (Lipinski definition) is 1. The number of rotatable bonds is 6. The molecular weight excluding hydrogens is 322 g/mol. The third-order valence-electron chi connectivity index (χ3n) is 3.50. The molecule has 132 valence electrons. The second-order valence-electron chi connectivity index (χ2n) is 5.75. The lowest BCUT2D eigenvalue weighted by Crippen LogP contribution is -2.28. The third kappa shape index (κ3) is 4.76. The van der Waals surface area contributed by atoms with E-state index in [0.29, 0.717) is 11.4 Å². The summed E-state index contributed by atoms with van der Waals surface area (Å²) in [5.41, 5.74) is 0.978. The van der Waals surface area contributed by atoms with Gasteiger partial charge in [-0.25, -0.2) is 9.78 Å². The zero-order valence-corrected chi connectivity index (χ0v) is 14.5. The van der Waals surface area contributed by atoms with Gasteiger partial charge in [-0.15, -0.1) is 0 Å². The minimum absolute atomic E-state index is 0.132. The first-order valence-electron chi connectivity index (χ1n) is 8.04. The van der Waals surface area contributed by atoms with Crippen LogP contribution in [0.2, 0.25) is 0 Å². The molecule has 7 nitrogen and oxygen atoms in total. The number of para-hydroxylation sites is 1. The van der Waals surface area contributed by atoms with Gasteiger partial charge in [0.05, 0.1) is 29.9 Å². The van der Waals surface area contributed by atoms with Gasteiger partial charge in [-0.05, 0) is 25.0 Å². The van der Waals surface area contributed by atoms with Crippen molar-refractivity contribution < 1.29 is 14.3 Å². The highest BCUT2D eigenvalue weighted by atomic mass is 16.5. The number of benzene rings is 1. The van der Waals surface area contributed by atoms with E-state index in [1.54, 1.807) is 31.2 Å². The lowest BCUT2D eigenvalue weighted by atomic mass is 10.1. The molecular formula is C18H21N3O4. The van der Waals surface area contributed by atoms with Crippen molar-refractivity contribution in [2.45, 2.75) is 33.2 Å². The van der Waals surface area contributed by atoms with Crippen LogP contribution in [0, 0.1) is 0 Å². The summed E-state index contributed by atoms with van der Waals surface area (Å²) >= 11 is 0. The molecule has 25 heavy (non-hydrogen) atoms. The van der Waals surface area contributed by atoms with Crippen molar-refractivity contribution in [1.82, 2.24) is 9.55 Å². The summed E-state index contributed by atoms with van der Waals surface area (Å²) in [7, 11) is 0. The van der Waals surface area contributed by atoms with Crippen LogP contribution >= 0.6 is 0 Å². The molecule has 0 aliphatic heterocycles. The molecule has 0 radical (unpaired) electrons. The molecule has 2 rings (SSSR count). The fraction of sp³-hybridized carbons (Fsp3) is 0.333. The number of carbonyl (C=O) groups is 2. The van der Waals surface area contributed by atoms with Crippen molar-refractivity contribution in [2.24, 2.45) is 0 Å². The van der Waals surface area contributed by atoms with Crippen LogP contribution in [-0.4, -0.2) is 28.0 Å². The number of esters is 1. The standard InChI is InChI=1S/C18H21N3O4/c1-4-25-18(24)13-7-5-6-8-14(13)20-16(22)10-21-11-19-15(12(2)3)9-17(21)23/h5-9,11-12H,4,10H2,1-3H3,(H,20,22). The van der Waals surface area contributed by atoms with Crippen LogP contribution in [0.3, 0.4) is 0 Å². The lowest BCUT2D eigenvalue weighted by Gasteiger charge is -2.11. The maximum Gasteiger partial charge on any atom is 0.340 e. The topological polar surface area (TPSA) is 90.3 Å². The average molecular weight is 343 g/mol. The Balaban J connectivity index is 2.14. The van der Waals surface area contributed by atoms with Crippen LogP contribution in [-0.2, 0) is 16.1 Å². The number of hydrogen-bond acceptors (Lipinski definition) is 5. The smallest absolute Gasteiger partial charge is 0.340 e. The van der Waals surface area contributed by atoms with Crippen molar-refractivity contribution >= 4 is 17.6 Å². The van der Waals surface area contributed by atoms with Crippen molar-refractivity contribution in [1.29, 1.82) is 0 Å². The molecule has 0 saturated heterocycles. The molecule has 1 aromatic heterocycles. The van der Waals surface area contributed by atoms with Gasteiger partial charge in [-0.3, -0.25) is 14.2 Å². The van der Waals surface area contributed by atoms with Gasteiger partial charge in [0.15, 0.2) is 0 Å². The zero-order valence-electron chi connectivity index (χ0n) is 14.5. The van der Waals surface area contributed by atoms with E-state index in [-0.39, 0.29) is 30.2 Å². The number of anilines is 1. The van der Waals surface area contributed by atoms with Gasteiger partial charge in [-0.1, -0.05) is 26.0 Å². The summed E-state index contributed by atoms with van der Waals surface area (Å²) in [5.74, 6) is -0.816. The van der Waals surface area contributed by atoms with Gasteiger partial charge in [0.25, 0.3) is 5.56 Å². The molecule has 0 fully saturated rings. The second-order valence-corrected chi connectivity index (χ2v) is 5.75. The van der Waals surface area contributed by atoms with Crippen molar-refractivity contribution in [2.75, 3.05) is 11.9 Å². The van der Waals surface area contributed by atoms with Gasteiger partial charge in [0, 0.05) is 6.07 Å². The number of amides is 1.